The maximum absolute atomic E-state index is 2.96. The average molecular weight is 394 g/mol. The molecule has 0 aromatic heterocycles. The summed E-state index contributed by atoms with van der Waals surface area (Å²) >= 11 is 0. The second-order valence-electron chi connectivity index (χ2n) is 4.74. The van der Waals surface area contributed by atoms with E-state index < -0.39 is 0 Å². The molecule has 3 rings (SSSR count). The van der Waals surface area contributed by atoms with Gasteiger partial charge >= 0.3 is 0 Å². The molecule has 0 saturated heterocycles. The van der Waals surface area contributed by atoms with Gasteiger partial charge in [0.05, 0.1) is 0 Å². The van der Waals surface area contributed by atoms with Crippen molar-refractivity contribution >= 4 is 23.9 Å². The van der Waals surface area contributed by atoms with E-state index in [0.29, 0.717) is 0 Å². The zero-order valence-corrected chi connectivity index (χ0v) is 16.3. The normalized spacial score (nSPS) is 8.32. The van der Waals surface area contributed by atoms with Crippen molar-refractivity contribution in [2.45, 2.75) is 20.8 Å². The van der Waals surface area contributed by atoms with Crippen molar-refractivity contribution in [1.29, 1.82) is 0 Å². The average Bonchev–Trinajstić information content (AvgIpc) is 2.51. The van der Waals surface area contributed by atoms with Crippen LogP contribution >= 0.6 is 0 Å². The van der Waals surface area contributed by atoms with Crippen LogP contribution in [0.2, 0.25) is 0 Å². The third-order valence-corrected chi connectivity index (χ3v) is 2.59. The van der Waals surface area contributed by atoms with E-state index in [0.717, 1.165) is 0 Å². The predicted octanol–water partition coefficient (Wildman–Crippen LogP) is 5.25. The van der Waals surface area contributed by atoms with Gasteiger partial charge in [0.1, 0.15) is 0 Å². The summed E-state index contributed by atoms with van der Waals surface area (Å²) in [7, 11) is 0. The fourth-order valence-corrected chi connectivity index (χ4v) is 1.45. The van der Waals surface area contributed by atoms with Gasteiger partial charge in [0.15, 0.2) is 0 Å². The van der Waals surface area contributed by atoms with Crippen molar-refractivity contribution in [2.75, 3.05) is 0 Å². The minimum Gasteiger partial charge on any atom is -0.0614 e. The Bertz CT molecular complexity index is 491. The summed E-state index contributed by atoms with van der Waals surface area (Å²) in [6.45, 7) is 6.16. The molecule has 0 bridgehead atoms. The Labute approximate surface area is 153 Å². The topological polar surface area (TPSA) is 0 Å². The van der Waals surface area contributed by atoms with Crippen molar-refractivity contribution in [3.8, 4) is 0 Å². The van der Waals surface area contributed by atoms with E-state index in [9.17, 15) is 0 Å². The molecule has 0 heterocycles. The Balaban J connectivity index is 0. The summed E-state index contributed by atoms with van der Waals surface area (Å²) in [6, 6.07) is 32.5. The van der Waals surface area contributed by atoms with Crippen LogP contribution in [0.4, 0.5) is 0 Å². The second kappa shape index (κ2) is 13.1. The number of hydrogen-bond acceptors (Lipinski definition) is 0. The molecule has 0 saturated carbocycles. The van der Waals surface area contributed by atoms with E-state index in [2.05, 4.69) is 57.2 Å². The van der Waals surface area contributed by atoms with Crippen molar-refractivity contribution in [3.63, 3.8) is 0 Å². The van der Waals surface area contributed by atoms with Gasteiger partial charge in [-0.15, -0.1) is 0 Å². The Hall–Kier alpha value is -1.54. The van der Waals surface area contributed by atoms with Crippen LogP contribution in [-0.4, -0.2) is 23.9 Å². The molecule has 0 aliphatic heterocycles. The second-order valence-corrected chi connectivity index (χ2v) is 4.74. The summed E-state index contributed by atoms with van der Waals surface area (Å²) in [6.07, 6.45) is 0. The molecule has 0 unspecified atom stereocenters. The van der Waals surface area contributed by atoms with Gasteiger partial charge in [-0.2, -0.15) is 0 Å². The van der Waals surface area contributed by atoms with Crippen molar-refractivity contribution in [1.82, 2.24) is 0 Å². The first-order chi connectivity index (χ1) is 10.2. The molecular weight excluding hydrogens is 371 g/mol. The first kappa shape index (κ1) is 20.5. The molecule has 0 amide bonds. The third kappa shape index (κ3) is 11.2. The quantitative estimate of drug-likeness (QED) is 0.457. The fraction of sp³-hybridized carbons (Fsp3) is 0.143. The SMILES string of the molecule is Cc1c[c]ccc1.Cc1c[c]ccc1.Cc1c[c]ccc1.[HH].[Sn]. The summed E-state index contributed by atoms with van der Waals surface area (Å²) in [4.78, 5) is 0. The van der Waals surface area contributed by atoms with Crippen LogP contribution in [0.3, 0.4) is 0 Å². The van der Waals surface area contributed by atoms with E-state index >= 15 is 0 Å². The molecule has 111 valence electrons. The first-order valence-electron chi connectivity index (χ1n) is 6.96. The standard InChI is InChI=1S/3C7H7.Sn.H2/c3*1-7-5-3-2-4-6-7;;/h3*2-3,5-6H,1H3;;1H. The van der Waals surface area contributed by atoms with Gasteiger partial charge in [0.25, 0.3) is 0 Å². The molecule has 22 heavy (non-hydrogen) atoms. The first-order valence-corrected chi connectivity index (χ1v) is 6.96. The molecule has 3 aromatic carbocycles. The minimum absolute atomic E-state index is 0. The van der Waals surface area contributed by atoms with E-state index in [1.54, 1.807) is 0 Å². The number of aryl methyl sites for hydroxylation is 3. The Kier molecular flexibility index (Phi) is 12.2. The van der Waals surface area contributed by atoms with Crippen LogP contribution in [0, 0.1) is 39.0 Å². The number of benzene rings is 3. The van der Waals surface area contributed by atoms with Crippen LogP contribution in [-0.2, 0) is 0 Å². The molecule has 1 heteroatoms. The van der Waals surface area contributed by atoms with Crippen LogP contribution < -0.4 is 0 Å². The molecule has 0 aliphatic carbocycles. The van der Waals surface area contributed by atoms with Gasteiger partial charge in [-0.1, -0.05) is 89.5 Å². The zero-order valence-electron chi connectivity index (χ0n) is 13.4. The van der Waals surface area contributed by atoms with Crippen molar-refractivity contribution in [2.24, 2.45) is 0 Å². The van der Waals surface area contributed by atoms with Gasteiger partial charge in [-0.05, 0) is 39.0 Å². The van der Waals surface area contributed by atoms with Gasteiger partial charge in [0, 0.05) is 25.3 Å². The van der Waals surface area contributed by atoms with Crippen LogP contribution in [0.5, 0.6) is 0 Å². The Morgan fingerprint density at radius 3 is 0.955 bits per heavy atom. The number of rotatable bonds is 0. The van der Waals surface area contributed by atoms with E-state index in [-0.39, 0.29) is 25.3 Å². The Morgan fingerprint density at radius 1 is 0.591 bits per heavy atom. The van der Waals surface area contributed by atoms with Gasteiger partial charge in [-0.3, -0.25) is 0 Å². The van der Waals surface area contributed by atoms with E-state index in [1.807, 2.05) is 54.6 Å². The largest absolute Gasteiger partial charge is 0.0614 e. The van der Waals surface area contributed by atoms with E-state index in [1.165, 1.54) is 16.7 Å². The fourth-order valence-electron chi connectivity index (χ4n) is 1.45. The molecular formula is C21H23Sn. The van der Waals surface area contributed by atoms with Crippen LogP contribution in [0.25, 0.3) is 0 Å². The number of hydrogen-bond donors (Lipinski definition) is 0. The maximum atomic E-state index is 2.96. The molecule has 3 aromatic rings. The van der Waals surface area contributed by atoms with Crippen molar-refractivity contribution < 1.29 is 1.43 Å². The van der Waals surface area contributed by atoms with Crippen molar-refractivity contribution in [3.05, 3.63) is 108 Å². The zero-order chi connectivity index (χ0) is 15.3. The molecule has 7 radical (unpaired) electrons. The maximum Gasteiger partial charge on any atom is 0 e. The summed E-state index contributed by atoms with van der Waals surface area (Å²) < 4.78 is 0. The van der Waals surface area contributed by atoms with E-state index in [4.69, 9.17) is 0 Å². The van der Waals surface area contributed by atoms with Gasteiger partial charge < -0.3 is 0 Å². The monoisotopic (exact) mass is 395 g/mol. The Morgan fingerprint density at radius 2 is 0.864 bits per heavy atom. The summed E-state index contributed by atoms with van der Waals surface area (Å²) in [5.41, 5.74) is 3.80. The van der Waals surface area contributed by atoms with Gasteiger partial charge in [0.2, 0.25) is 0 Å². The summed E-state index contributed by atoms with van der Waals surface area (Å²) in [5, 5.41) is 0. The minimum atomic E-state index is 0. The smallest absolute Gasteiger partial charge is 0 e. The third-order valence-electron chi connectivity index (χ3n) is 2.59. The summed E-state index contributed by atoms with van der Waals surface area (Å²) in [5.74, 6) is 0. The van der Waals surface area contributed by atoms with Crippen LogP contribution in [0.1, 0.15) is 18.1 Å². The molecule has 0 atom stereocenters. The van der Waals surface area contributed by atoms with Gasteiger partial charge in [-0.25, -0.2) is 0 Å². The molecule has 0 nitrogen and oxygen atoms in total. The predicted molar refractivity (Wildman–Crippen MR) is 97.9 cm³/mol. The molecule has 0 spiro atoms. The van der Waals surface area contributed by atoms with Crippen LogP contribution in [0.15, 0.2) is 72.8 Å². The molecule has 0 aliphatic rings. The molecule has 0 N–H and O–H groups in total. The molecule has 0 fully saturated rings.